The summed E-state index contributed by atoms with van der Waals surface area (Å²) in [7, 11) is 1.63. The fraction of sp³-hybridized carbons (Fsp3) is 0.273. The molecule has 0 radical (unpaired) electrons. The van der Waals surface area contributed by atoms with Gasteiger partial charge in [0.1, 0.15) is 0 Å². The predicted octanol–water partition coefficient (Wildman–Crippen LogP) is 3.69. The average molecular weight is 364 g/mol. The van der Waals surface area contributed by atoms with E-state index in [0.717, 1.165) is 22.9 Å². The quantitative estimate of drug-likeness (QED) is 0.695. The normalized spacial score (nSPS) is 10.9. The van der Waals surface area contributed by atoms with Gasteiger partial charge in [-0.3, -0.25) is 9.59 Å². The molecule has 0 spiro atoms. The summed E-state index contributed by atoms with van der Waals surface area (Å²) in [5.74, 6) is -0.0482. The lowest BCUT2D eigenvalue weighted by Gasteiger charge is -2.22. The number of hydrogen-bond acceptors (Lipinski definition) is 3. The second kappa shape index (κ2) is 8.64. The van der Waals surface area contributed by atoms with Crippen molar-refractivity contribution in [3.8, 4) is 11.1 Å². The van der Waals surface area contributed by atoms with E-state index in [4.69, 9.17) is 4.74 Å². The number of nitrogens with zero attached hydrogens (tertiary/aromatic N) is 1. The van der Waals surface area contributed by atoms with E-state index in [1.807, 2.05) is 49.4 Å². The van der Waals surface area contributed by atoms with Gasteiger partial charge in [0.2, 0.25) is 0 Å². The van der Waals surface area contributed by atoms with E-state index in [1.165, 1.54) is 0 Å². The number of carbonyl (C=O) groups is 1. The molecule has 0 aliphatic heterocycles. The van der Waals surface area contributed by atoms with Gasteiger partial charge in [-0.1, -0.05) is 37.3 Å². The minimum atomic E-state index is -0.164. The van der Waals surface area contributed by atoms with Crippen LogP contribution in [-0.4, -0.2) is 42.6 Å². The second-order valence-electron chi connectivity index (χ2n) is 6.47. The van der Waals surface area contributed by atoms with E-state index in [9.17, 15) is 9.59 Å². The Morgan fingerprint density at radius 2 is 1.89 bits per heavy atom. The van der Waals surface area contributed by atoms with Crippen LogP contribution in [0.2, 0.25) is 0 Å². The lowest BCUT2D eigenvalue weighted by molar-refractivity contribution is 0.0695. The lowest BCUT2D eigenvalue weighted by Crippen LogP contribution is -2.34. The number of nitrogens with one attached hydrogen (secondary N) is 1. The second-order valence-corrected chi connectivity index (χ2v) is 6.47. The highest BCUT2D eigenvalue weighted by atomic mass is 16.5. The highest BCUT2D eigenvalue weighted by Crippen LogP contribution is 2.21. The van der Waals surface area contributed by atoms with E-state index >= 15 is 0 Å². The number of aromatic amines is 1. The monoisotopic (exact) mass is 364 g/mol. The minimum absolute atomic E-state index is 0.0482. The van der Waals surface area contributed by atoms with Crippen molar-refractivity contribution < 1.29 is 9.53 Å². The molecule has 0 saturated heterocycles. The van der Waals surface area contributed by atoms with Crippen LogP contribution in [0.4, 0.5) is 0 Å². The zero-order valence-electron chi connectivity index (χ0n) is 15.7. The topological polar surface area (TPSA) is 62.4 Å². The molecule has 1 heterocycles. The summed E-state index contributed by atoms with van der Waals surface area (Å²) in [4.78, 5) is 30.1. The number of amides is 1. The van der Waals surface area contributed by atoms with Gasteiger partial charge in [0, 0.05) is 36.8 Å². The largest absolute Gasteiger partial charge is 0.383 e. The van der Waals surface area contributed by atoms with Crippen LogP contribution in [0.3, 0.4) is 0 Å². The summed E-state index contributed by atoms with van der Waals surface area (Å²) >= 11 is 0. The van der Waals surface area contributed by atoms with Crippen LogP contribution >= 0.6 is 0 Å². The van der Waals surface area contributed by atoms with Crippen molar-refractivity contribution >= 4 is 16.8 Å². The molecule has 0 bridgehead atoms. The van der Waals surface area contributed by atoms with Gasteiger partial charge in [0.15, 0.2) is 0 Å². The Morgan fingerprint density at radius 3 is 2.67 bits per heavy atom. The molecule has 0 aliphatic rings. The third kappa shape index (κ3) is 4.26. The molecule has 1 amide bonds. The number of fused-ring (bicyclic) bond motifs is 1. The highest BCUT2D eigenvalue weighted by molar-refractivity contribution is 5.95. The lowest BCUT2D eigenvalue weighted by atomic mass is 10.0. The first-order chi connectivity index (χ1) is 13.1. The molecule has 1 aromatic heterocycles. The van der Waals surface area contributed by atoms with E-state index in [2.05, 4.69) is 4.98 Å². The van der Waals surface area contributed by atoms with Gasteiger partial charge in [0.25, 0.3) is 11.5 Å². The van der Waals surface area contributed by atoms with E-state index in [0.29, 0.717) is 30.8 Å². The van der Waals surface area contributed by atoms with E-state index < -0.39 is 0 Å². The molecule has 2 aromatic carbocycles. The van der Waals surface area contributed by atoms with Crippen molar-refractivity contribution in [2.45, 2.75) is 13.3 Å². The van der Waals surface area contributed by atoms with Crippen LogP contribution in [-0.2, 0) is 4.74 Å². The van der Waals surface area contributed by atoms with Gasteiger partial charge in [-0.25, -0.2) is 0 Å². The fourth-order valence-electron chi connectivity index (χ4n) is 3.15. The number of benzene rings is 2. The molecule has 5 nitrogen and oxygen atoms in total. The minimum Gasteiger partial charge on any atom is -0.383 e. The maximum atomic E-state index is 12.9. The molecule has 0 atom stereocenters. The molecular weight excluding hydrogens is 340 g/mol. The Labute approximate surface area is 158 Å². The van der Waals surface area contributed by atoms with Crippen molar-refractivity contribution in [1.29, 1.82) is 0 Å². The van der Waals surface area contributed by atoms with E-state index in [-0.39, 0.29) is 11.5 Å². The van der Waals surface area contributed by atoms with Gasteiger partial charge in [-0.05, 0) is 41.6 Å². The van der Waals surface area contributed by atoms with Crippen LogP contribution in [0.25, 0.3) is 22.0 Å². The number of ether oxygens (including phenoxy) is 1. The maximum absolute atomic E-state index is 12.9. The van der Waals surface area contributed by atoms with Crippen LogP contribution in [0, 0.1) is 0 Å². The van der Waals surface area contributed by atoms with Crippen molar-refractivity contribution in [3.05, 3.63) is 70.5 Å². The number of hydrogen-bond donors (Lipinski definition) is 1. The Kier molecular flexibility index (Phi) is 6.04. The molecule has 140 valence electrons. The zero-order valence-corrected chi connectivity index (χ0v) is 15.7. The number of H-pyrrole nitrogens is 1. The van der Waals surface area contributed by atoms with Crippen molar-refractivity contribution in [2.75, 3.05) is 26.8 Å². The smallest absolute Gasteiger partial charge is 0.256 e. The Balaban J connectivity index is 1.97. The molecule has 27 heavy (non-hydrogen) atoms. The Bertz CT molecular complexity index is 994. The summed E-state index contributed by atoms with van der Waals surface area (Å²) in [5, 5.41) is 0.955. The number of pyridine rings is 1. The highest BCUT2D eigenvalue weighted by Gasteiger charge is 2.16. The first-order valence-electron chi connectivity index (χ1n) is 9.14. The number of methoxy groups -OCH3 is 1. The summed E-state index contributed by atoms with van der Waals surface area (Å²) < 4.78 is 5.12. The van der Waals surface area contributed by atoms with Crippen molar-refractivity contribution in [1.82, 2.24) is 9.88 Å². The molecule has 0 aliphatic carbocycles. The maximum Gasteiger partial charge on any atom is 0.256 e. The third-order valence-electron chi connectivity index (χ3n) is 4.52. The summed E-state index contributed by atoms with van der Waals surface area (Å²) in [6.07, 6.45) is 0.874. The standard InChI is InChI=1S/C22H24N2O3/c1-3-11-24(12-13-27-2)22(26)18-9-6-8-16(14-18)19-15-17-7-4-5-10-20(17)23-21(19)25/h4-10,14-15H,3,11-13H2,1-2H3,(H,23,25). The van der Waals surface area contributed by atoms with Crippen LogP contribution < -0.4 is 5.56 Å². The third-order valence-corrected chi connectivity index (χ3v) is 4.52. The molecule has 0 unspecified atom stereocenters. The molecule has 3 aromatic rings. The fourth-order valence-corrected chi connectivity index (χ4v) is 3.15. The summed E-state index contributed by atoms with van der Waals surface area (Å²) in [6.45, 7) is 3.75. The van der Waals surface area contributed by atoms with Crippen molar-refractivity contribution in [2.24, 2.45) is 0 Å². The van der Waals surface area contributed by atoms with Crippen LogP contribution in [0.5, 0.6) is 0 Å². The molecule has 3 rings (SSSR count). The van der Waals surface area contributed by atoms with Gasteiger partial charge in [0.05, 0.1) is 6.61 Å². The van der Waals surface area contributed by atoms with Crippen LogP contribution in [0.1, 0.15) is 23.7 Å². The molecule has 0 fully saturated rings. The summed E-state index contributed by atoms with van der Waals surface area (Å²) in [6, 6.07) is 16.8. The van der Waals surface area contributed by atoms with Crippen LogP contribution in [0.15, 0.2) is 59.4 Å². The number of carbonyl (C=O) groups excluding carboxylic acids is 1. The van der Waals surface area contributed by atoms with E-state index in [1.54, 1.807) is 24.1 Å². The number of aromatic nitrogens is 1. The average Bonchev–Trinajstić information content (AvgIpc) is 2.70. The molecular formula is C22H24N2O3. The van der Waals surface area contributed by atoms with Gasteiger partial charge in [-0.15, -0.1) is 0 Å². The first-order valence-corrected chi connectivity index (χ1v) is 9.14. The zero-order chi connectivity index (χ0) is 19.2. The summed E-state index contributed by atoms with van der Waals surface area (Å²) in [5.41, 5.74) is 2.50. The number of para-hydroxylation sites is 1. The molecule has 1 N–H and O–H groups in total. The predicted molar refractivity (Wildman–Crippen MR) is 108 cm³/mol. The number of rotatable bonds is 7. The Hall–Kier alpha value is -2.92. The van der Waals surface area contributed by atoms with Crippen molar-refractivity contribution in [3.63, 3.8) is 0 Å². The SMILES string of the molecule is CCCN(CCOC)C(=O)c1cccc(-c2cc3ccccc3[nH]c2=O)c1. The van der Waals surface area contributed by atoms with Gasteiger partial charge < -0.3 is 14.6 Å². The Morgan fingerprint density at radius 1 is 1.07 bits per heavy atom. The molecule has 0 saturated carbocycles. The van der Waals surface area contributed by atoms with Gasteiger partial charge >= 0.3 is 0 Å². The first kappa shape index (κ1) is 18.9. The van der Waals surface area contributed by atoms with Gasteiger partial charge in [-0.2, -0.15) is 0 Å². The molecule has 5 heteroatoms.